The molecule has 0 saturated carbocycles. The standard InChI is InChI=1S/C25H43OP/c1-4-7-10-13-16-21-19-20-24(25(26)27)23(18-15-12-9-6-3)22(21)17-14-11-8-5-2/h19-20H,4-18,27H2,1-3H3. The van der Waals surface area contributed by atoms with E-state index in [1.165, 1.54) is 100 Å². The number of aryl methyl sites for hydroxylation is 1. The van der Waals surface area contributed by atoms with Crippen LogP contribution in [0.1, 0.15) is 125 Å². The Morgan fingerprint density at radius 3 is 1.63 bits per heavy atom. The zero-order valence-electron chi connectivity index (χ0n) is 18.2. The van der Waals surface area contributed by atoms with Gasteiger partial charge in [0.15, 0.2) is 5.52 Å². The van der Waals surface area contributed by atoms with E-state index in [2.05, 4.69) is 42.1 Å². The van der Waals surface area contributed by atoms with Crippen LogP contribution < -0.4 is 0 Å². The quantitative estimate of drug-likeness (QED) is 0.206. The van der Waals surface area contributed by atoms with Crippen LogP contribution in [0.15, 0.2) is 12.1 Å². The first-order chi connectivity index (χ1) is 13.2. The molecule has 1 atom stereocenters. The molecule has 1 aromatic rings. The van der Waals surface area contributed by atoms with Gasteiger partial charge in [-0.3, -0.25) is 4.79 Å². The number of benzene rings is 1. The number of rotatable bonds is 16. The van der Waals surface area contributed by atoms with Crippen LogP contribution in [0.5, 0.6) is 0 Å². The van der Waals surface area contributed by atoms with Crippen molar-refractivity contribution in [2.24, 2.45) is 0 Å². The number of hydrogen-bond donors (Lipinski definition) is 0. The molecule has 1 unspecified atom stereocenters. The van der Waals surface area contributed by atoms with Gasteiger partial charge in [-0.1, -0.05) is 99.9 Å². The van der Waals surface area contributed by atoms with Crippen LogP contribution in [0, 0.1) is 0 Å². The summed E-state index contributed by atoms with van der Waals surface area (Å²) < 4.78 is 0. The van der Waals surface area contributed by atoms with Gasteiger partial charge in [0.05, 0.1) is 0 Å². The lowest BCUT2D eigenvalue weighted by atomic mass is 9.87. The molecule has 0 radical (unpaired) electrons. The maximum Gasteiger partial charge on any atom is 0.178 e. The van der Waals surface area contributed by atoms with Gasteiger partial charge < -0.3 is 0 Å². The van der Waals surface area contributed by atoms with Crippen molar-refractivity contribution in [2.75, 3.05) is 0 Å². The van der Waals surface area contributed by atoms with Crippen LogP contribution in [0.4, 0.5) is 0 Å². The molecule has 1 rings (SSSR count). The first-order valence-electron chi connectivity index (χ1n) is 11.6. The van der Waals surface area contributed by atoms with E-state index in [0.717, 1.165) is 18.4 Å². The molecule has 154 valence electrons. The smallest absolute Gasteiger partial charge is 0.178 e. The topological polar surface area (TPSA) is 17.1 Å². The van der Waals surface area contributed by atoms with Gasteiger partial charge >= 0.3 is 0 Å². The minimum Gasteiger partial charge on any atom is -0.290 e. The Morgan fingerprint density at radius 1 is 0.667 bits per heavy atom. The molecule has 0 fully saturated rings. The predicted molar refractivity (Wildman–Crippen MR) is 124 cm³/mol. The monoisotopic (exact) mass is 390 g/mol. The third-order valence-electron chi connectivity index (χ3n) is 5.65. The van der Waals surface area contributed by atoms with Crippen molar-refractivity contribution in [3.8, 4) is 0 Å². The lowest BCUT2D eigenvalue weighted by molar-refractivity contribution is 0.108. The Bertz CT molecular complexity index is 535. The van der Waals surface area contributed by atoms with Crippen LogP contribution in [0.25, 0.3) is 0 Å². The van der Waals surface area contributed by atoms with Crippen LogP contribution in [0.2, 0.25) is 0 Å². The van der Waals surface area contributed by atoms with Crippen LogP contribution >= 0.6 is 9.24 Å². The molecule has 0 aliphatic carbocycles. The molecule has 0 amide bonds. The van der Waals surface area contributed by atoms with E-state index >= 15 is 0 Å². The summed E-state index contributed by atoms with van der Waals surface area (Å²) in [6.45, 7) is 6.80. The normalized spacial score (nSPS) is 11.1. The molecular formula is C25H43OP. The molecule has 2 heteroatoms. The fraction of sp³-hybridized carbons (Fsp3) is 0.720. The molecule has 0 aliphatic rings. The van der Waals surface area contributed by atoms with Crippen molar-refractivity contribution in [3.63, 3.8) is 0 Å². The summed E-state index contributed by atoms with van der Waals surface area (Å²) in [5.74, 6) is 0. The summed E-state index contributed by atoms with van der Waals surface area (Å²) >= 11 is 0. The molecular weight excluding hydrogens is 347 g/mol. The number of hydrogen-bond acceptors (Lipinski definition) is 1. The number of unbranched alkanes of at least 4 members (excludes halogenated alkanes) is 9. The second-order valence-corrected chi connectivity index (χ2v) is 8.55. The largest absolute Gasteiger partial charge is 0.290 e. The van der Waals surface area contributed by atoms with Gasteiger partial charge in [0, 0.05) is 5.56 Å². The summed E-state index contributed by atoms with van der Waals surface area (Å²) in [6.07, 6.45) is 18.8. The third kappa shape index (κ3) is 9.38. The maximum absolute atomic E-state index is 12.3. The fourth-order valence-corrected chi connectivity index (χ4v) is 4.27. The van der Waals surface area contributed by atoms with Gasteiger partial charge in [-0.15, -0.1) is 0 Å². The molecule has 0 heterocycles. The molecule has 0 N–H and O–H groups in total. The molecule has 0 spiro atoms. The van der Waals surface area contributed by atoms with E-state index in [4.69, 9.17) is 0 Å². The Balaban J connectivity index is 3.02. The molecule has 0 aromatic heterocycles. The minimum absolute atomic E-state index is 0.160. The maximum atomic E-state index is 12.3. The highest BCUT2D eigenvalue weighted by atomic mass is 31.0. The summed E-state index contributed by atoms with van der Waals surface area (Å²) in [6, 6.07) is 4.36. The van der Waals surface area contributed by atoms with Gasteiger partial charge in [-0.25, -0.2) is 0 Å². The highest BCUT2D eigenvalue weighted by molar-refractivity contribution is 7.41. The molecule has 1 nitrogen and oxygen atoms in total. The molecule has 0 aliphatic heterocycles. The summed E-state index contributed by atoms with van der Waals surface area (Å²) in [4.78, 5) is 12.3. The van der Waals surface area contributed by atoms with Crippen molar-refractivity contribution in [3.05, 3.63) is 34.4 Å². The van der Waals surface area contributed by atoms with Gasteiger partial charge in [-0.2, -0.15) is 0 Å². The Morgan fingerprint density at radius 2 is 1.15 bits per heavy atom. The number of carbonyl (C=O) groups is 1. The van der Waals surface area contributed by atoms with Crippen LogP contribution in [-0.4, -0.2) is 5.52 Å². The highest BCUT2D eigenvalue weighted by Gasteiger charge is 2.15. The SMILES string of the molecule is CCCCCCc1ccc(C(=O)P)c(CCCCCC)c1CCCCCC. The Kier molecular flexibility index (Phi) is 13.8. The van der Waals surface area contributed by atoms with E-state index in [9.17, 15) is 4.79 Å². The zero-order chi connectivity index (χ0) is 19.9. The second-order valence-electron chi connectivity index (χ2n) is 8.03. The predicted octanol–water partition coefficient (Wildman–Crippen LogP) is 8.07. The Labute approximate surface area is 171 Å². The van der Waals surface area contributed by atoms with Gasteiger partial charge in [0.25, 0.3) is 0 Å². The van der Waals surface area contributed by atoms with Gasteiger partial charge in [0.1, 0.15) is 0 Å². The van der Waals surface area contributed by atoms with Gasteiger partial charge in [-0.05, 0) is 55.2 Å². The van der Waals surface area contributed by atoms with Crippen molar-refractivity contribution in [1.82, 2.24) is 0 Å². The third-order valence-corrected chi connectivity index (χ3v) is 5.96. The van der Waals surface area contributed by atoms with E-state index < -0.39 is 0 Å². The summed E-state index contributed by atoms with van der Waals surface area (Å²) in [7, 11) is 2.41. The van der Waals surface area contributed by atoms with Crippen molar-refractivity contribution in [2.45, 2.75) is 117 Å². The fourth-order valence-electron chi connectivity index (χ4n) is 4.00. The van der Waals surface area contributed by atoms with E-state index in [1.54, 1.807) is 0 Å². The number of carbonyl (C=O) groups excluding carboxylic acids is 1. The first-order valence-corrected chi connectivity index (χ1v) is 12.2. The molecule has 1 aromatic carbocycles. The molecule has 0 saturated heterocycles. The first kappa shape index (κ1) is 24.4. The van der Waals surface area contributed by atoms with Crippen molar-refractivity contribution in [1.29, 1.82) is 0 Å². The van der Waals surface area contributed by atoms with Gasteiger partial charge in [0.2, 0.25) is 0 Å². The van der Waals surface area contributed by atoms with Crippen molar-refractivity contribution < 1.29 is 4.79 Å². The van der Waals surface area contributed by atoms with Crippen LogP contribution in [0.3, 0.4) is 0 Å². The average molecular weight is 391 g/mol. The molecule has 0 bridgehead atoms. The minimum atomic E-state index is 0.160. The summed E-state index contributed by atoms with van der Waals surface area (Å²) in [5.41, 5.74) is 5.53. The second kappa shape index (κ2) is 15.3. The van der Waals surface area contributed by atoms with Crippen LogP contribution in [-0.2, 0) is 19.3 Å². The lowest BCUT2D eigenvalue weighted by Gasteiger charge is -2.18. The summed E-state index contributed by atoms with van der Waals surface area (Å²) in [5, 5.41) is 0. The van der Waals surface area contributed by atoms with E-state index in [1.807, 2.05) is 0 Å². The van der Waals surface area contributed by atoms with Crippen molar-refractivity contribution >= 4 is 14.8 Å². The lowest BCUT2D eigenvalue weighted by Crippen LogP contribution is -2.08. The van der Waals surface area contributed by atoms with E-state index in [0.29, 0.717) is 0 Å². The highest BCUT2D eigenvalue weighted by Crippen LogP contribution is 2.27. The molecule has 27 heavy (non-hydrogen) atoms. The van der Waals surface area contributed by atoms with E-state index in [-0.39, 0.29) is 5.52 Å². The zero-order valence-corrected chi connectivity index (χ0v) is 19.4. The average Bonchev–Trinajstić information content (AvgIpc) is 2.66. The Hall–Kier alpha value is -0.680.